The number of hydrogen-bond donors (Lipinski definition) is 2. The molecule has 0 saturated heterocycles. The zero-order chi connectivity index (χ0) is 19.7. The van der Waals surface area contributed by atoms with Crippen LogP contribution in [0.4, 0.5) is 0 Å². The first kappa shape index (κ1) is 21.2. The summed E-state index contributed by atoms with van der Waals surface area (Å²) in [6.07, 6.45) is 17.4. The van der Waals surface area contributed by atoms with Crippen molar-refractivity contribution < 1.29 is 0 Å². The lowest BCUT2D eigenvalue weighted by Gasteiger charge is -2.49. The highest BCUT2D eigenvalue weighted by atomic mass is 15.1. The monoisotopic (exact) mass is 388 g/mol. The molecule has 0 aromatic heterocycles. The fraction of sp³-hybridized carbons (Fsp3) is 1.00. The van der Waals surface area contributed by atoms with Crippen LogP contribution in [0, 0.1) is 35.5 Å². The first-order valence-corrected chi connectivity index (χ1v) is 13.0. The number of rotatable bonds is 4. The van der Waals surface area contributed by atoms with E-state index < -0.39 is 0 Å². The van der Waals surface area contributed by atoms with Crippen molar-refractivity contribution in [1.29, 1.82) is 0 Å². The van der Waals surface area contributed by atoms with Crippen molar-refractivity contribution in [2.75, 3.05) is 0 Å². The standard InChI is InChI=1S/C26H48N2/c1-17-9-7-10-18(2)25(17)27-23-15-21-13-5-6-14-22(21)16-24(23)28-26-19(3)11-8-12-20(26)4/h17-28H,5-16H2,1-4H3. The molecule has 4 aliphatic rings. The predicted molar refractivity (Wildman–Crippen MR) is 120 cm³/mol. The molecule has 2 heteroatoms. The van der Waals surface area contributed by atoms with Crippen molar-refractivity contribution in [2.45, 2.75) is 129 Å². The summed E-state index contributed by atoms with van der Waals surface area (Å²) in [4.78, 5) is 0. The molecule has 0 spiro atoms. The van der Waals surface area contributed by atoms with E-state index in [1.54, 1.807) is 0 Å². The van der Waals surface area contributed by atoms with E-state index in [4.69, 9.17) is 0 Å². The molecule has 0 aromatic rings. The van der Waals surface area contributed by atoms with E-state index in [1.807, 2.05) is 0 Å². The third-order valence-electron chi connectivity index (χ3n) is 9.57. The van der Waals surface area contributed by atoms with Gasteiger partial charge in [-0.1, -0.05) is 66.2 Å². The first-order valence-electron chi connectivity index (χ1n) is 13.0. The minimum atomic E-state index is 0.702. The molecule has 0 radical (unpaired) electrons. The number of hydrogen-bond acceptors (Lipinski definition) is 2. The lowest BCUT2D eigenvalue weighted by molar-refractivity contribution is 0.0703. The van der Waals surface area contributed by atoms with Gasteiger partial charge in [0.15, 0.2) is 0 Å². The smallest absolute Gasteiger partial charge is 0.0226 e. The van der Waals surface area contributed by atoms with Gasteiger partial charge in [-0.25, -0.2) is 0 Å². The summed E-state index contributed by atoms with van der Waals surface area (Å²) in [5.41, 5.74) is 0. The van der Waals surface area contributed by atoms with Gasteiger partial charge in [0.25, 0.3) is 0 Å². The van der Waals surface area contributed by atoms with Gasteiger partial charge >= 0.3 is 0 Å². The molecule has 4 saturated carbocycles. The van der Waals surface area contributed by atoms with Gasteiger partial charge in [0.1, 0.15) is 0 Å². The zero-order valence-electron chi connectivity index (χ0n) is 19.3. The average molecular weight is 389 g/mol. The summed E-state index contributed by atoms with van der Waals surface area (Å²) >= 11 is 0. The van der Waals surface area contributed by atoms with Gasteiger partial charge < -0.3 is 10.6 Å². The third kappa shape index (κ3) is 4.64. The van der Waals surface area contributed by atoms with E-state index in [-0.39, 0.29) is 0 Å². The molecule has 4 fully saturated rings. The highest BCUT2D eigenvalue weighted by Gasteiger charge is 2.42. The van der Waals surface area contributed by atoms with Crippen LogP contribution in [0.15, 0.2) is 0 Å². The fourth-order valence-electron chi connectivity index (χ4n) is 7.77. The van der Waals surface area contributed by atoms with Gasteiger partial charge in [-0.15, -0.1) is 0 Å². The van der Waals surface area contributed by atoms with Gasteiger partial charge in [-0.2, -0.15) is 0 Å². The molecule has 162 valence electrons. The van der Waals surface area contributed by atoms with Gasteiger partial charge in [-0.3, -0.25) is 0 Å². The van der Waals surface area contributed by atoms with E-state index in [9.17, 15) is 0 Å². The Morgan fingerprint density at radius 2 is 0.821 bits per heavy atom. The lowest BCUT2D eigenvalue weighted by Crippen LogP contribution is -2.62. The predicted octanol–water partition coefficient (Wildman–Crippen LogP) is 6.15. The molecule has 4 rings (SSSR count). The van der Waals surface area contributed by atoms with Crippen LogP contribution in [-0.2, 0) is 0 Å². The van der Waals surface area contributed by atoms with Crippen molar-refractivity contribution in [2.24, 2.45) is 35.5 Å². The topological polar surface area (TPSA) is 24.1 Å². The maximum atomic E-state index is 4.30. The molecule has 8 atom stereocenters. The van der Waals surface area contributed by atoms with Crippen LogP contribution in [0.3, 0.4) is 0 Å². The summed E-state index contributed by atoms with van der Waals surface area (Å²) < 4.78 is 0. The zero-order valence-corrected chi connectivity index (χ0v) is 19.3. The summed E-state index contributed by atoms with van der Waals surface area (Å²) in [7, 11) is 0. The molecule has 0 amide bonds. The lowest BCUT2D eigenvalue weighted by atomic mass is 9.66. The summed E-state index contributed by atoms with van der Waals surface area (Å²) in [6.45, 7) is 10.0. The molecular formula is C26H48N2. The second-order valence-electron chi connectivity index (χ2n) is 11.6. The van der Waals surface area contributed by atoms with Crippen LogP contribution in [-0.4, -0.2) is 24.2 Å². The highest BCUT2D eigenvalue weighted by Crippen LogP contribution is 2.42. The molecule has 0 heterocycles. The quantitative estimate of drug-likeness (QED) is 0.603. The molecule has 4 aliphatic carbocycles. The first-order chi connectivity index (χ1) is 13.5. The maximum Gasteiger partial charge on any atom is 0.0226 e. The van der Waals surface area contributed by atoms with Gasteiger partial charge in [-0.05, 0) is 74.0 Å². The second-order valence-corrected chi connectivity index (χ2v) is 11.6. The third-order valence-corrected chi connectivity index (χ3v) is 9.57. The van der Waals surface area contributed by atoms with E-state index in [0.717, 1.165) is 47.6 Å². The summed E-state index contributed by atoms with van der Waals surface area (Å²) in [5.74, 6) is 5.39. The van der Waals surface area contributed by atoms with Crippen molar-refractivity contribution >= 4 is 0 Å². The molecule has 28 heavy (non-hydrogen) atoms. The van der Waals surface area contributed by atoms with Crippen LogP contribution in [0.5, 0.6) is 0 Å². The Labute approximate surface area is 175 Å². The van der Waals surface area contributed by atoms with Gasteiger partial charge in [0.05, 0.1) is 0 Å². The van der Waals surface area contributed by atoms with Crippen LogP contribution in [0.1, 0.15) is 105 Å². The van der Waals surface area contributed by atoms with E-state index >= 15 is 0 Å². The van der Waals surface area contributed by atoms with Crippen LogP contribution in [0.2, 0.25) is 0 Å². The SMILES string of the molecule is CC1CCCC(C)C1NC1CC2CCCCC2CC1NC1C(C)CCCC1C. The van der Waals surface area contributed by atoms with E-state index in [0.29, 0.717) is 12.1 Å². The van der Waals surface area contributed by atoms with Crippen LogP contribution >= 0.6 is 0 Å². The van der Waals surface area contributed by atoms with Crippen LogP contribution in [0.25, 0.3) is 0 Å². The molecular weight excluding hydrogens is 340 g/mol. The minimum Gasteiger partial charge on any atom is -0.309 e. The largest absolute Gasteiger partial charge is 0.309 e. The Balaban J connectivity index is 1.48. The van der Waals surface area contributed by atoms with E-state index in [1.165, 1.54) is 77.0 Å². The Morgan fingerprint density at radius 1 is 0.464 bits per heavy atom. The summed E-state index contributed by atoms with van der Waals surface area (Å²) in [5, 5.41) is 8.59. The minimum absolute atomic E-state index is 0.702. The van der Waals surface area contributed by atoms with Crippen LogP contribution < -0.4 is 10.6 Å². The number of fused-ring (bicyclic) bond motifs is 1. The fourth-order valence-corrected chi connectivity index (χ4v) is 7.77. The Morgan fingerprint density at radius 3 is 1.18 bits per heavy atom. The van der Waals surface area contributed by atoms with Gasteiger partial charge in [0, 0.05) is 24.2 Å². The molecule has 0 aromatic carbocycles. The van der Waals surface area contributed by atoms with E-state index in [2.05, 4.69) is 38.3 Å². The molecule has 0 aliphatic heterocycles. The number of nitrogens with one attached hydrogen (secondary N) is 2. The molecule has 2 N–H and O–H groups in total. The van der Waals surface area contributed by atoms with Crippen molar-refractivity contribution in [3.8, 4) is 0 Å². The molecule has 8 unspecified atom stereocenters. The second kappa shape index (κ2) is 9.38. The Hall–Kier alpha value is -0.0800. The molecule has 0 bridgehead atoms. The van der Waals surface area contributed by atoms with Crippen molar-refractivity contribution in [1.82, 2.24) is 10.6 Å². The molecule has 2 nitrogen and oxygen atoms in total. The Kier molecular flexibility index (Phi) is 7.09. The Bertz CT molecular complexity index is 427. The average Bonchev–Trinajstić information content (AvgIpc) is 2.68. The van der Waals surface area contributed by atoms with Gasteiger partial charge in [0.2, 0.25) is 0 Å². The van der Waals surface area contributed by atoms with Crippen molar-refractivity contribution in [3.05, 3.63) is 0 Å². The maximum absolute atomic E-state index is 4.30. The summed E-state index contributed by atoms with van der Waals surface area (Å²) in [6, 6.07) is 2.89. The highest BCUT2D eigenvalue weighted by molar-refractivity contribution is 5.00. The van der Waals surface area contributed by atoms with Crippen molar-refractivity contribution in [3.63, 3.8) is 0 Å². The normalized spacial score (nSPS) is 50.1.